The first-order chi connectivity index (χ1) is 9.61. The van der Waals surface area contributed by atoms with Crippen LogP contribution in [0.3, 0.4) is 0 Å². The summed E-state index contributed by atoms with van der Waals surface area (Å²) in [5.41, 5.74) is 7.23. The van der Waals surface area contributed by atoms with Gasteiger partial charge in [0.05, 0.1) is 0 Å². The second-order valence-electron chi connectivity index (χ2n) is 5.70. The molecule has 20 heavy (non-hydrogen) atoms. The lowest BCUT2D eigenvalue weighted by Gasteiger charge is -2.19. The van der Waals surface area contributed by atoms with Crippen LogP contribution in [0.1, 0.15) is 29.8 Å². The normalized spacial score (nSPS) is 21.8. The van der Waals surface area contributed by atoms with E-state index in [0.29, 0.717) is 17.5 Å². The van der Waals surface area contributed by atoms with E-state index in [1.807, 2.05) is 12.1 Å². The molecule has 0 bridgehead atoms. The number of hydrogen-bond acceptors (Lipinski definition) is 4. The van der Waals surface area contributed by atoms with Crippen LogP contribution in [-0.4, -0.2) is 43.0 Å². The minimum Gasteiger partial charge on any atom is -0.385 e. The highest BCUT2D eigenvalue weighted by molar-refractivity contribution is 5.92. The average molecular weight is 276 g/mol. The summed E-state index contributed by atoms with van der Waals surface area (Å²) in [6.45, 7) is 1.69. The Kier molecular flexibility index (Phi) is 4.95. The molecule has 2 unspecified atom stereocenters. The van der Waals surface area contributed by atoms with Crippen LogP contribution in [0, 0.1) is 11.8 Å². The van der Waals surface area contributed by atoms with Gasteiger partial charge in [-0.3, -0.25) is 9.78 Å². The van der Waals surface area contributed by atoms with Crippen molar-refractivity contribution in [2.45, 2.75) is 19.3 Å². The number of nitrogens with two attached hydrogens (primary N) is 1. The SMILES string of the molecule is CN(C)C(=O)c1cc(NCC2CCCC2CN)ccn1. The first kappa shape index (κ1) is 14.8. The molecule has 0 aliphatic heterocycles. The number of aromatic nitrogens is 1. The van der Waals surface area contributed by atoms with Gasteiger partial charge in [-0.2, -0.15) is 0 Å². The van der Waals surface area contributed by atoms with E-state index in [1.165, 1.54) is 24.2 Å². The van der Waals surface area contributed by atoms with E-state index in [-0.39, 0.29) is 5.91 Å². The number of pyridine rings is 1. The molecular weight excluding hydrogens is 252 g/mol. The second-order valence-corrected chi connectivity index (χ2v) is 5.70. The molecule has 0 aromatic carbocycles. The summed E-state index contributed by atoms with van der Waals surface area (Å²) in [6, 6.07) is 3.72. The third kappa shape index (κ3) is 3.48. The first-order valence-electron chi connectivity index (χ1n) is 7.23. The molecule has 1 aliphatic carbocycles. The van der Waals surface area contributed by atoms with Gasteiger partial charge in [0.2, 0.25) is 0 Å². The van der Waals surface area contributed by atoms with Crippen molar-refractivity contribution in [3.05, 3.63) is 24.0 Å². The number of rotatable bonds is 5. The molecule has 1 aromatic heterocycles. The van der Waals surface area contributed by atoms with Gasteiger partial charge in [0.1, 0.15) is 5.69 Å². The third-order valence-electron chi connectivity index (χ3n) is 4.07. The molecule has 1 heterocycles. The van der Waals surface area contributed by atoms with Crippen molar-refractivity contribution in [1.29, 1.82) is 0 Å². The van der Waals surface area contributed by atoms with Crippen molar-refractivity contribution in [3.8, 4) is 0 Å². The van der Waals surface area contributed by atoms with E-state index in [0.717, 1.165) is 18.8 Å². The maximum atomic E-state index is 11.9. The molecule has 110 valence electrons. The number of amides is 1. The molecule has 2 rings (SSSR count). The summed E-state index contributed by atoms with van der Waals surface area (Å²) in [7, 11) is 3.46. The van der Waals surface area contributed by atoms with Crippen molar-refractivity contribution >= 4 is 11.6 Å². The zero-order valence-electron chi connectivity index (χ0n) is 12.3. The fourth-order valence-electron chi connectivity index (χ4n) is 2.83. The fourth-order valence-corrected chi connectivity index (χ4v) is 2.83. The highest BCUT2D eigenvalue weighted by Crippen LogP contribution is 2.31. The topological polar surface area (TPSA) is 71.2 Å². The van der Waals surface area contributed by atoms with Crippen molar-refractivity contribution in [1.82, 2.24) is 9.88 Å². The molecule has 0 saturated heterocycles. The van der Waals surface area contributed by atoms with E-state index in [4.69, 9.17) is 5.73 Å². The Hall–Kier alpha value is -1.62. The Balaban J connectivity index is 1.96. The van der Waals surface area contributed by atoms with Crippen LogP contribution in [0.25, 0.3) is 0 Å². The van der Waals surface area contributed by atoms with Gasteiger partial charge in [-0.1, -0.05) is 6.42 Å². The van der Waals surface area contributed by atoms with Crippen LogP contribution in [0.2, 0.25) is 0 Å². The molecule has 1 aromatic rings. The molecule has 5 heteroatoms. The van der Waals surface area contributed by atoms with E-state index < -0.39 is 0 Å². The Morgan fingerprint density at radius 1 is 1.45 bits per heavy atom. The number of anilines is 1. The quantitative estimate of drug-likeness (QED) is 0.856. The minimum atomic E-state index is -0.0747. The van der Waals surface area contributed by atoms with Gasteiger partial charge >= 0.3 is 0 Å². The van der Waals surface area contributed by atoms with Gasteiger partial charge in [-0.15, -0.1) is 0 Å². The van der Waals surface area contributed by atoms with Gasteiger partial charge in [0, 0.05) is 32.5 Å². The predicted octanol–water partition coefficient (Wildman–Crippen LogP) is 1.57. The summed E-state index contributed by atoms with van der Waals surface area (Å²) in [6.07, 6.45) is 5.43. The summed E-state index contributed by atoms with van der Waals surface area (Å²) >= 11 is 0. The molecule has 1 fully saturated rings. The smallest absolute Gasteiger partial charge is 0.272 e. The molecule has 1 saturated carbocycles. The van der Waals surface area contributed by atoms with Crippen molar-refractivity contribution < 1.29 is 4.79 Å². The fraction of sp³-hybridized carbons (Fsp3) is 0.600. The van der Waals surface area contributed by atoms with Crippen molar-refractivity contribution in [2.24, 2.45) is 17.6 Å². The Morgan fingerprint density at radius 2 is 2.20 bits per heavy atom. The molecule has 2 atom stereocenters. The minimum absolute atomic E-state index is 0.0747. The monoisotopic (exact) mass is 276 g/mol. The lowest BCUT2D eigenvalue weighted by molar-refractivity contribution is 0.0822. The van der Waals surface area contributed by atoms with Gasteiger partial charge in [0.15, 0.2) is 0 Å². The maximum Gasteiger partial charge on any atom is 0.272 e. The van der Waals surface area contributed by atoms with Crippen molar-refractivity contribution in [2.75, 3.05) is 32.5 Å². The number of carbonyl (C=O) groups excluding carboxylic acids is 1. The van der Waals surface area contributed by atoms with Crippen LogP contribution in [-0.2, 0) is 0 Å². The third-order valence-corrected chi connectivity index (χ3v) is 4.07. The highest BCUT2D eigenvalue weighted by Gasteiger charge is 2.25. The van der Waals surface area contributed by atoms with Crippen LogP contribution >= 0.6 is 0 Å². The summed E-state index contributed by atoms with van der Waals surface area (Å²) in [5, 5.41) is 3.42. The molecule has 0 spiro atoms. The van der Waals surface area contributed by atoms with Gasteiger partial charge in [-0.25, -0.2) is 0 Å². The predicted molar refractivity (Wildman–Crippen MR) is 80.6 cm³/mol. The lowest BCUT2D eigenvalue weighted by Crippen LogP contribution is -2.25. The summed E-state index contributed by atoms with van der Waals surface area (Å²) in [4.78, 5) is 17.5. The molecule has 0 radical (unpaired) electrons. The molecule has 1 aliphatic rings. The van der Waals surface area contributed by atoms with Gasteiger partial charge in [-0.05, 0) is 43.4 Å². The Labute approximate surface area is 120 Å². The largest absolute Gasteiger partial charge is 0.385 e. The standard InChI is InChI=1S/C15H24N4O/c1-19(2)15(20)14-8-13(6-7-17-14)18-10-12-5-3-4-11(12)9-16/h6-8,11-12H,3-5,9-10,16H2,1-2H3,(H,17,18). The number of nitrogens with one attached hydrogen (secondary N) is 1. The summed E-state index contributed by atoms with van der Waals surface area (Å²) < 4.78 is 0. The summed E-state index contributed by atoms with van der Waals surface area (Å²) in [5.74, 6) is 1.20. The van der Waals surface area contributed by atoms with E-state index in [1.54, 1.807) is 20.3 Å². The average Bonchev–Trinajstić information content (AvgIpc) is 2.92. The number of nitrogens with zero attached hydrogens (tertiary/aromatic N) is 2. The van der Waals surface area contributed by atoms with Crippen molar-refractivity contribution in [3.63, 3.8) is 0 Å². The zero-order chi connectivity index (χ0) is 14.5. The van der Waals surface area contributed by atoms with Crippen LogP contribution in [0.5, 0.6) is 0 Å². The molecule has 5 nitrogen and oxygen atoms in total. The van der Waals surface area contributed by atoms with Gasteiger partial charge in [0.25, 0.3) is 5.91 Å². The Bertz CT molecular complexity index is 461. The number of carbonyl (C=O) groups is 1. The molecule has 1 amide bonds. The first-order valence-corrected chi connectivity index (χ1v) is 7.23. The molecular formula is C15H24N4O. The van der Waals surface area contributed by atoms with Crippen LogP contribution < -0.4 is 11.1 Å². The number of hydrogen-bond donors (Lipinski definition) is 2. The second kappa shape index (κ2) is 6.70. The van der Waals surface area contributed by atoms with Crippen LogP contribution in [0.4, 0.5) is 5.69 Å². The lowest BCUT2D eigenvalue weighted by atomic mass is 9.96. The van der Waals surface area contributed by atoms with Gasteiger partial charge < -0.3 is 16.0 Å². The molecule has 3 N–H and O–H groups in total. The van der Waals surface area contributed by atoms with E-state index in [2.05, 4.69) is 10.3 Å². The maximum absolute atomic E-state index is 11.9. The Morgan fingerprint density at radius 3 is 2.90 bits per heavy atom. The zero-order valence-corrected chi connectivity index (χ0v) is 12.3. The highest BCUT2D eigenvalue weighted by atomic mass is 16.2. The van der Waals surface area contributed by atoms with Crippen LogP contribution in [0.15, 0.2) is 18.3 Å². The van der Waals surface area contributed by atoms with E-state index >= 15 is 0 Å². The van der Waals surface area contributed by atoms with E-state index in [9.17, 15) is 4.79 Å².